The van der Waals surface area contributed by atoms with Crippen LogP contribution in [0.1, 0.15) is 6.23 Å². The van der Waals surface area contributed by atoms with E-state index in [-0.39, 0.29) is 5.82 Å². The minimum atomic E-state index is -1.23. The van der Waals surface area contributed by atoms with E-state index in [1.807, 2.05) is 0 Å². The summed E-state index contributed by atoms with van der Waals surface area (Å²) in [4.78, 5) is 12.2. The number of hydrogen-bond acceptors (Lipinski definition) is 10. The molecule has 4 atom stereocenters. The molecule has 120 valence electrons. The second-order valence-corrected chi connectivity index (χ2v) is 4.91. The standard InChI is InChI=1S/C11H16N6O5/c1-16(21)15-9-6-10(13-3-12-9)17(4-14-6)11-8(20)7(19)5(2-18)22-11/h3-5,7-8,11,18-21H,2H2,1H3,(H,12,13,15)/t5-,7-,8-,11-/m1/s1. The first kappa shape index (κ1) is 15.0. The maximum Gasteiger partial charge on any atom is 0.173 e. The number of aliphatic hydroxyl groups is 3. The molecule has 0 saturated carbocycles. The van der Waals surface area contributed by atoms with E-state index in [0.717, 1.165) is 0 Å². The van der Waals surface area contributed by atoms with Crippen molar-refractivity contribution in [3.8, 4) is 0 Å². The van der Waals surface area contributed by atoms with Crippen LogP contribution in [0, 0.1) is 0 Å². The maximum atomic E-state index is 10.1. The van der Waals surface area contributed by atoms with Crippen molar-refractivity contribution < 1.29 is 25.3 Å². The van der Waals surface area contributed by atoms with Crippen molar-refractivity contribution >= 4 is 17.0 Å². The van der Waals surface area contributed by atoms with E-state index in [0.29, 0.717) is 16.3 Å². The summed E-state index contributed by atoms with van der Waals surface area (Å²) in [5, 5.41) is 39.0. The highest BCUT2D eigenvalue weighted by Crippen LogP contribution is 2.31. The summed E-state index contributed by atoms with van der Waals surface area (Å²) in [6, 6.07) is 0. The Morgan fingerprint density at radius 3 is 2.73 bits per heavy atom. The van der Waals surface area contributed by atoms with E-state index in [9.17, 15) is 15.4 Å². The molecule has 1 aliphatic rings. The van der Waals surface area contributed by atoms with Gasteiger partial charge in [-0.2, -0.15) is 0 Å². The highest BCUT2D eigenvalue weighted by atomic mass is 16.6. The number of imidazole rings is 1. The number of hydroxylamine groups is 1. The van der Waals surface area contributed by atoms with Crippen molar-refractivity contribution in [2.75, 3.05) is 19.1 Å². The molecule has 0 aliphatic carbocycles. The molecule has 0 radical (unpaired) electrons. The van der Waals surface area contributed by atoms with E-state index in [1.165, 1.54) is 24.3 Å². The van der Waals surface area contributed by atoms with Crippen LogP contribution in [0.5, 0.6) is 0 Å². The Hall–Kier alpha value is -1.89. The number of fused-ring (bicyclic) bond motifs is 1. The van der Waals surface area contributed by atoms with E-state index < -0.39 is 31.1 Å². The van der Waals surface area contributed by atoms with Crippen molar-refractivity contribution in [3.05, 3.63) is 12.7 Å². The number of nitrogens with one attached hydrogen (secondary N) is 1. The summed E-state index contributed by atoms with van der Waals surface area (Å²) in [6.45, 7) is -0.418. The summed E-state index contributed by atoms with van der Waals surface area (Å²) >= 11 is 0. The van der Waals surface area contributed by atoms with Crippen LogP contribution in [0.3, 0.4) is 0 Å². The summed E-state index contributed by atoms with van der Waals surface area (Å²) in [5.41, 5.74) is 3.25. The molecule has 22 heavy (non-hydrogen) atoms. The van der Waals surface area contributed by atoms with Crippen molar-refractivity contribution in [1.29, 1.82) is 0 Å². The average molecular weight is 312 g/mol. The lowest BCUT2D eigenvalue weighted by molar-refractivity contribution is -0.0511. The molecule has 11 heteroatoms. The SMILES string of the molecule is CN(O)Nc1ncnc2c1ncn2[C@@H]1O[C@H](CO)[C@@H](O)[C@H]1O. The highest BCUT2D eigenvalue weighted by Gasteiger charge is 2.44. The van der Waals surface area contributed by atoms with Gasteiger partial charge in [0.1, 0.15) is 24.6 Å². The van der Waals surface area contributed by atoms with Gasteiger partial charge in [-0.1, -0.05) is 0 Å². The van der Waals surface area contributed by atoms with Crippen molar-refractivity contribution in [1.82, 2.24) is 24.7 Å². The van der Waals surface area contributed by atoms with Gasteiger partial charge in [0.25, 0.3) is 0 Å². The largest absolute Gasteiger partial charge is 0.394 e. The van der Waals surface area contributed by atoms with E-state index >= 15 is 0 Å². The van der Waals surface area contributed by atoms with E-state index in [1.54, 1.807) is 0 Å². The van der Waals surface area contributed by atoms with Crippen LogP contribution in [-0.4, -0.2) is 77.2 Å². The van der Waals surface area contributed by atoms with Gasteiger partial charge in [0.05, 0.1) is 12.9 Å². The monoisotopic (exact) mass is 312 g/mol. The molecule has 0 unspecified atom stereocenters. The van der Waals surface area contributed by atoms with Crippen molar-refractivity contribution in [3.63, 3.8) is 0 Å². The molecule has 0 spiro atoms. The number of aliphatic hydroxyl groups excluding tert-OH is 3. The molecule has 2 aromatic rings. The van der Waals surface area contributed by atoms with Gasteiger partial charge in [-0.15, -0.1) is 5.17 Å². The predicted molar refractivity (Wildman–Crippen MR) is 71.5 cm³/mol. The smallest absolute Gasteiger partial charge is 0.173 e. The zero-order valence-corrected chi connectivity index (χ0v) is 11.6. The fraction of sp³-hybridized carbons (Fsp3) is 0.545. The first-order valence-electron chi connectivity index (χ1n) is 6.52. The summed E-state index contributed by atoms with van der Waals surface area (Å²) in [6.07, 6.45) is -1.64. The predicted octanol–water partition coefficient (Wildman–Crippen LogP) is -1.91. The molecule has 1 aliphatic heterocycles. The van der Waals surface area contributed by atoms with Gasteiger partial charge >= 0.3 is 0 Å². The number of hydrazine groups is 1. The van der Waals surface area contributed by atoms with Crippen LogP contribution in [0.15, 0.2) is 12.7 Å². The Morgan fingerprint density at radius 1 is 1.32 bits per heavy atom. The maximum absolute atomic E-state index is 10.1. The Kier molecular flexibility index (Phi) is 3.90. The minimum Gasteiger partial charge on any atom is -0.394 e. The number of aromatic nitrogens is 4. The molecule has 11 nitrogen and oxygen atoms in total. The molecule has 2 aromatic heterocycles. The lowest BCUT2D eigenvalue weighted by Gasteiger charge is -2.16. The molecule has 3 heterocycles. The normalized spacial score (nSPS) is 28.6. The molecule has 1 fully saturated rings. The molecule has 3 rings (SSSR count). The van der Waals surface area contributed by atoms with Gasteiger partial charge < -0.3 is 20.1 Å². The Bertz CT molecular complexity index is 663. The third-order valence-electron chi connectivity index (χ3n) is 3.42. The van der Waals surface area contributed by atoms with Gasteiger partial charge in [0.15, 0.2) is 23.2 Å². The first-order chi connectivity index (χ1) is 10.5. The quantitative estimate of drug-likeness (QED) is 0.405. The average Bonchev–Trinajstić information content (AvgIpc) is 3.02. The molecule has 5 N–H and O–H groups in total. The van der Waals surface area contributed by atoms with Gasteiger partial charge in [-0.05, 0) is 0 Å². The summed E-state index contributed by atoms with van der Waals surface area (Å²) in [5.74, 6) is 0.264. The lowest BCUT2D eigenvalue weighted by Crippen LogP contribution is -2.33. The third-order valence-corrected chi connectivity index (χ3v) is 3.42. The van der Waals surface area contributed by atoms with Crippen LogP contribution < -0.4 is 5.43 Å². The third kappa shape index (κ3) is 2.39. The molecule has 0 bridgehead atoms. The molecular weight excluding hydrogens is 296 g/mol. The molecule has 1 saturated heterocycles. The fourth-order valence-electron chi connectivity index (χ4n) is 2.38. The second-order valence-electron chi connectivity index (χ2n) is 4.91. The molecular formula is C11H16N6O5. The number of nitrogens with zero attached hydrogens (tertiary/aromatic N) is 5. The topological polar surface area (TPSA) is 149 Å². The molecule has 0 aromatic carbocycles. The van der Waals surface area contributed by atoms with Crippen molar-refractivity contribution in [2.45, 2.75) is 24.5 Å². The number of rotatable bonds is 4. The van der Waals surface area contributed by atoms with Gasteiger partial charge in [0.2, 0.25) is 0 Å². The fourth-order valence-corrected chi connectivity index (χ4v) is 2.38. The number of hydrogen-bond donors (Lipinski definition) is 5. The van der Waals surface area contributed by atoms with Crippen LogP contribution >= 0.6 is 0 Å². The summed E-state index contributed by atoms with van der Waals surface area (Å²) < 4.78 is 6.87. The lowest BCUT2D eigenvalue weighted by atomic mass is 10.1. The highest BCUT2D eigenvalue weighted by molar-refractivity contribution is 5.82. The van der Waals surface area contributed by atoms with Gasteiger partial charge in [0, 0.05) is 7.05 Å². The molecule has 0 amide bonds. The van der Waals surface area contributed by atoms with Crippen LogP contribution in [0.25, 0.3) is 11.2 Å². The van der Waals surface area contributed by atoms with Crippen LogP contribution in [-0.2, 0) is 4.74 Å². The zero-order valence-electron chi connectivity index (χ0n) is 11.6. The minimum absolute atomic E-state index is 0.264. The van der Waals surface area contributed by atoms with Gasteiger partial charge in [-0.3, -0.25) is 15.2 Å². The summed E-state index contributed by atoms with van der Waals surface area (Å²) in [7, 11) is 1.37. The number of anilines is 1. The zero-order chi connectivity index (χ0) is 15.9. The van der Waals surface area contributed by atoms with Crippen LogP contribution in [0.2, 0.25) is 0 Å². The van der Waals surface area contributed by atoms with Crippen LogP contribution in [0.4, 0.5) is 5.82 Å². The van der Waals surface area contributed by atoms with Crippen molar-refractivity contribution in [2.24, 2.45) is 0 Å². The second kappa shape index (κ2) is 5.72. The Balaban J connectivity index is 1.99. The Labute approximate surface area is 124 Å². The number of ether oxygens (including phenoxy) is 1. The first-order valence-corrected chi connectivity index (χ1v) is 6.52. The van der Waals surface area contributed by atoms with E-state index in [2.05, 4.69) is 20.4 Å². The van der Waals surface area contributed by atoms with E-state index in [4.69, 9.17) is 9.84 Å². The van der Waals surface area contributed by atoms with Gasteiger partial charge in [-0.25, -0.2) is 15.0 Å². The Morgan fingerprint density at radius 2 is 2.09 bits per heavy atom.